The van der Waals surface area contributed by atoms with Crippen molar-refractivity contribution in [2.75, 3.05) is 12.4 Å². The average molecular weight is 336 g/mol. The van der Waals surface area contributed by atoms with Crippen LogP contribution in [0.15, 0.2) is 46.9 Å². The van der Waals surface area contributed by atoms with Gasteiger partial charge in [-0.25, -0.2) is 4.79 Å². The van der Waals surface area contributed by atoms with Crippen molar-refractivity contribution in [3.8, 4) is 5.75 Å². The van der Waals surface area contributed by atoms with Crippen molar-refractivity contribution in [3.63, 3.8) is 0 Å². The SMILES string of the molecule is COc1cc(Br)cc(NCc2ccccc2C(=O)O)c1. The highest BCUT2D eigenvalue weighted by Crippen LogP contribution is 2.25. The highest BCUT2D eigenvalue weighted by Gasteiger charge is 2.08. The second kappa shape index (κ2) is 6.43. The molecule has 0 spiro atoms. The number of carboxylic acids is 1. The molecule has 0 bridgehead atoms. The molecular formula is C15H14BrNO3. The third-order valence-corrected chi connectivity index (χ3v) is 3.30. The first-order valence-electron chi connectivity index (χ1n) is 6.00. The molecule has 0 unspecified atom stereocenters. The Morgan fingerprint density at radius 1 is 1.30 bits per heavy atom. The lowest BCUT2D eigenvalue weighted by Crippen LogP contribution is -2.07. The predicted octanol–water partition coefficient (Wildman–Crippen LogP) is 3.77. The topological polar surface area (TPSA) is 58.6 Å². The summed E-state index contributed by atoms with van der Waals surface area (Å²) in [6.45, 7) is 0.433. The molecule has 0 heterocycles. The Morgan fingerprint density at radius 2 is 2.05 bits per heavy atom. The Hall–Kier alpha value is -2.01. The average Bonchev–Trinajstić information content (AvgIpc) is 2.44. The van der Waals surface area contributed by atoms with Crippen LogP contribution in [-0.4, -0.2) is 18.2 Å². The first-order chi connectivity index (χ1) is 9.60. The van der Waals surface area contributed by atoms with Gasteiger partial charge in [-0.1, -0.05) is 34.1 Å². The van der Waals surface area contributed by atoms with Gasteiger partial charge in [-0.3, -0.25) is 0 Å². The van der Waals surface area contributed by atoms with E-state index < -0.39 is 5.97 Å². The number of hydrogen-bond donors (Lipinski definition) is 2. The van der Waals surface area contributed by atoms with Gasteiger partial charge >= 0.3 is 5.97 Å². The lowest BCUT2D eigenvalue weighted by Gasteiger charge is -2.11. The van der Waals surface area contributed by atoms with E-state index in [9.17, 15) is 4.79 Å². The first-order valence-corrected chi connectivity index (χ1v) is 6.79. The maximum Gasteiger partial charge on any atom is 0.336 e. The van der Waals surface area contributed by atoms with Gasteiger partial charge in [0.25, 0.3) is 0 Å². The van der Waals surface area contributed by atoms with Crippen molar-refractivity contribution < 1.29 is 14.6 Å². The van der Waals surface area contributed by atoms with Crippen LogP contribution in [0.1, 0.15) is 15.9 Å². The summed E-state index contributed by atoms with van der Waals surface area (Å²) in [6, 6.07) is 12.6. The summed E-state index contributed by atoms with van der Waals surface area (Å²) in [4.78, 5) is 11.1. The summed E-state index contributed by atoms with van der Waals surface area (Å²) >= 11 is 3.40. The Bertz CT molecular complexity index is 628. The molecule has 2 aromatic rings. The van der Waals surface area contributed by atoms with Crippen LogP contribution < -0.4 is 10.1 Å². The Kier molecular flexibility index (Phi) is 4.63. The molecule has 0 aliphatic carbocycles. The summed E-state index contributed by atoms with van der Waals surface area (Å²) < 4.78 is 6.08. The number of aromatic carboxylic acids is 1. The Labute approximate surface area is 125 Å². The summed E-state index contributed by atoms with van der Waals surface area (Å²) in [5, 5.41) is 12.3. The molecule has 0 atom stereocenters. The second-order valence-corrected chi connectivity index (χ2v) is 5.11. The van der Waals surface area contributed by atoms with Gasteiger partial charge in [0.15, 0.2) is 0 Å². The highest BCUT2D eigenvalue weighted by molar-refractivity contribution is 9.10. The molecule has 0 saturated heterocycles. The summed E-state index contributed by atoms with van der Waals surface area (Å²) in [7, 11) is 1.60. The van der Waals surface area contributed by atoms with Crippen LogP contribution >= 0.6 is 15.9 Å². The minimum Gasteiger partial charge on any atom is -0.497 e. The van der Waals surface area contributed by atoms with Crippen molar-refractivity contribution >= 4 is 27.6 Å². The fourth-order valence-electron chi connectivity index (χ4n) is 1.86. The molecule has 4 nitrogen and oxygen atoms in total. The number of carboxylic acid groups (broad SMARTS) is 1. The monoisotopic (exact) mass is 335 g/mol. The van der Waals surface area contributed by atoms with E-state index in [0.717, 1.165) is 21.5 Å². The van der Waals surface area contributed by atoms with Gasteiger partial charge in [0, 0.05) is 22.8 Å². The van der Waals surface area contributed by atoms with Crippen molar-refractivity contribution in [3.05, 3.63) is 58.1 Å². The van der Waals surface area contributed by atoms with E-state index >= 15 is 0 Å². The maximum atomic E-state index is 11.1. The fraction of sp³-hybridized carbons (Fsp3) is 0.133. The van der Waals surface area contributed by atoms with Gasteiger partial charge in [0.1, 0.15) is 5.75 Å². The van der Waals surface area contributed by atoms with Crippen molar-refractivity contribution in [2.24, 2.45) is 0 Å². The van der Waals surface area contributed by atoms with Crippen molar-refractivity contribution in [2.45, 2.75) is 6.54 Å². The molecule has 0 fully saturated rings. The second-order valence-electron chi connectivity index (χ2n) is 4.20. The van der Waals surface area contributed by atoms with Crippen LogP contribution in [-0.2, 0) is 6.54 Å². The molecule has 2 rings (SSSR count). The van der Waals surface area contributed by atoms with Crippen LogP contribution in [0.25, 0.3) is 0 Å². The standard InChI is InChI=1S/C15H14BrNO3/c1-20-13-7-11(16)6-12(8-13)17-9-10-4-2-3-5-14(10)15(18)19/h2-8,17H,9H2,1H3,(H,18,19). The molecule has 2 aromatic carbocycles. The number of rotatable bonds is 5. The van der Waals surface area contributed by atoms with Crippen molar-refractivity contribution in [1.29, 1.82) is 0 Å². The molecule has 5 heteroatoms. The molecule has 20 heavy (non-hydrogen) atoms. The van der Waals surface area contributed by atoms with Gasteiger partial charge in [-0.05, 0) is 23.8 Å². The molecule has 0 amide bonds. The molecule has 0 aliphatic rings. The van der Waals surface area contributed by atoms with Crippen LogP contribution in [0.3, 0.4) is 0 Å². The molecular weight excluding hydrogens is 322 g/mol. The molecule has 0 radical (unpaired) electrons. The summed E-state index contributed by atoms with van der Waals surface area (Å²) in [6.07, 6.45) is 0. The van der Waals surface area contributed by atoms with Crippen LogP contribution in [0.5, 0.6) is 5.75 Å². The lowest BCUT2D eigenvalue weighted by atomic mass is 10.1. The number of ether oxygens (including phenoxy) is 1. The number of methoxy groups -OCH3 is 1. The largest absolute Gasteiger partial charge is 0.497 e. The van der Waals surface area contributed by atoms with Crippen LogP contribution in [0.4, 0.5) is 5.69 Å². The fourth-order valence-corrected chi connectivity index (χ4v) is 2.34. The van der Waals surface area contributed by atoms with Gasteiger partial charge in [0.2, 0.25) is 0 Å². The van der Waals surface area contributed by atoms with E-state index in [1.807, 2.05) is 24.3 Å². The van der Waals surface area contributed by atoms with Gasteiger partial charge < -0.3 is 15.2 Å². The van der Waals surface area contributed by atoms with E-state index in [2.05, 4.69) is 21.2 Å². The van der Waals surface area contributed by atoms with Gasteiger partial charge in [0.05, 0.1) is 12.7 Å². The Morgan fingerprint density at radius 3 is 2.75 bits per heavy atom. The number of nitrogens with one attached hydrogen (secondary N) is 1. The number of anilines is 1. The van der Waals surface area contributed by atoms with E-state index in [0.29, 0.717) is 12.1 Å². The van der Waals surface area contributed by atoms with E-state index in [4.69, 9.17) is 9.84 Å². The number of hydrogen-bond acceptors (Lipinski definition) is 3. The molecule has 0 aliphatic heterocycles. The van der Waals surface area contributed by atoms with E-state index in [1.54, 1.807) is 25.3 Å². The van der Waals surface area contributed by atoms with E-state index in [-0.39, 0.29) is 0 Å². The number of benzene rings is 2. The molecule has 2 N–H and O–H groups in total. The normalized spacial score (nSPS) is 10.1. The predicted molar refractivity (Wildman–Crippen MR) is 81.4 cm³/mol. The third-order valence-electron chi connectivity index (χ3n) is 2.84. The minimum atomic E-state index is -0.922. The Balaban J connectivity index is 2.17. The number of carbonyl (C=O) groups is 1. The summed E-state index contributed by atoms with van der Waals surface area (Å²) in [5.41, 5.74) is 1.90. The third kappa shape index (κ3) is 3.51. The molecule has 104 valence electrons. The zero-order chi connectivity index (χ0) is 14.5. The highest BCUT2D eigenvalue weighted by atomic mass is 79.9. The van der Waals surface area contributed by atoms with Crippen LogP contribution in [0.2, 0.25) is 0 Å². The summed E-state index contributed by atoms with van der Waals surface area (Å²) in [5.74, 6) is -0.192. The zero-order valence-electron chi connectivity index (χ0n) is 10.9. The van der Waals surface area contributed by atoms with E-state index in [1.165, 1.54) is 0 Å². The van der Waals surface area contributed by atoms with Gasteiger partial charge in [-0.2, -0.15) is 0 Å². The first kappa shape index (κ1) is 14.4. The maximum absolute atomic E-state index is 11.1. The smallest absolute Gasteiger partial charge is 0.336 e. The molecule has 0 saturated carbocycles. The van der Waals surface area contributed by atoms with Crippen molar-refractivity contribution in [1.82, 2.24) is 0 Å². The van der Waals surface area contributed by atoms with Gasteiger partial charge in [-0.15, -0.1) is 0 Å². The number of halogens is 1. The van der Waals surface area contributed by atoms with Crippen LogP contribution in [0, 0.1) is 0 Å². The molecule has 0 aromatic heterocycles. The lowest BCUT2D eigenvalue weighted by molar-refractivity contribution is 0.0696. The minimum absolute atomic E-state index is 0.307. The quantitative estimate of drug-likeness (QED) is 0.873. The zero-order valence-corrected chi connectivity index (χ0v) is 12.5.